The molecule has 3 rings (SSSR count). The third-order valence-corrected chi connectivity index (χ3v) is 6.76. The van der Waals surface area contributed by atoms with Crippen molar-refractivity contribution in [3.8, 4) is 11.5 Å². The van der Waals surface area contributed by atoms with Crippen molar-refractivity contribution < 1.29 is 21.6 Å². The van der Waals surface area contributed by atoms with Gasteiger partial charge in [0.15, 0.2) is 0 Å². The molecule has 1 aromatic heterocycles. The summed E-state index contributed by atoms with van der Waals surface area (Å²) in [6.45, 7) is 4.00. The molecule has 4 nitrogen and oxygen atoms in total. The SMILES string of the molecule is CC(C)CSc1oc(-c2ccc(F)cc2)nc1S(=O)(=O)c1ccc(F)cc1. The molecule has 3 aromatic rings. The molecule has 0 saturated heterocycles. The van der Waals surface area contributed by atoms with E-state index >= 15 is 0 Å². The molecular weight excluding hydrogens is 392 g/mol. The van der Waals surface area contributed by atoms with Gasteiger partial charge in [0.2, 0.25) is 25.8 Å². The van der Waals surface area contributed by atoms with E-state index in [1.54, 1.807) is 0 Å². The van der Waals surface area contributed by atoms with Gasteiger partial charge >= 0.3 is 0 Å². The molecule has 2 aromatic carbocycles. The summed E-state index contributed by atoms with van der Waals surface area (Å²) in [7, 11) is -4.00. The monoisotopic (exact) mass is 409 g/mol. The zero-order chi connectivity index (χ0) is 19.6. The molecule has 1 heterocycles. The summed E-state index contributed by atoms with van der Waals surface area (Å²) < 4.78 is 58.0. The van der Waals surface area contributed by atoms with Crippen molar-refractivity contribution in [3.63, 3.8) is 0 Å². The number of aromatic nitrogens is 1. The lowest BCUT2D eigenvalue weighted by Crippen LogP contribution is -2.04. The second-order valence-electron chi connectivity index (χ2n) is 6.28. The largest absolute Gasteiger partial charge is 0.428 e. The van der Waals surface area contributed by atoms with Crippen molar-refractivity contribution >= 4 is 21.6 Å². The molecule has 142 valence electrons. The van der Waals surface area contributed by atoms with E-state index in [4.69, 9.17) is 4.42 Å². The molecule has 27 heavy (non-hydrogen) atoms. The Morgan fingerprint density at radius 2 is 1.56 bits per heavy atom. The number of hydrogen-bond donors (Lipinski definition) is 0. The Bertz CT molecular complexity index is 1030. The minimum atomic E-state index is -4.00. The van der Waals surface area contributed by atoms with Gasteiger partial charge in [0.25, 0.3) is 0 Å². The summed E-state index contributed by atoms with van der Waals surface area (Å²) in [5.74, 6) is 0.0661. The molecule has 0 saturated carbocycles. The van der Waals surface area contributed by atoms with Crippen LogP contribution in [-0.2, 0) is 9.84 Å². The van der Waals surface area contributed by atoms with Gasteiger partial charge in [-0.1, -0.05) is 25.6 Å². The van der Waals surface area contributed by atoms with Gasteiger partial charge < -0.3 is 4.42 Å². The lowest BCUT2D eigenvalue weighted by molar-refractivity contribution is 0.469. The quantitative estimate of drug-likeness (QED) is 0.414. The van der Waals surface area contributed by atoms with Crippen LogP contribution in [0.5, 0.6) is 0 Å². The number of nitrogens with zero attached hydrogens (tertiary/aromatic N) is 1. The van der Waals surface area contributed by atoms with Crippen LogP contribution in [0.15, 0.2) is 68.0 Å². The zero-order valence-corrected chi connectivity index (χ0v) is 16.3. The molecule has 0 fully saturated rings. The normalized spacial score (nSPS) is 11.9. The first-order chi connectivity index (χ1) is 12.8. The lowest BCUT2D eigenvalue weighted by Gasteiger charge is -2.05. The van der Waals surface area contributed by atoms with E-state index in [1.807, 2.05) is 13.8 Å². The Balaban J connectivity index is 2.08. The van der Waals surface area contributed by atoms with Crippen molar-refractivity contribution in [1.29, 1.82) is 0 Å². The molecule has 0 radical (unpaired) electrons. The van der Waals surface area contributed by atoms with E-state index in [9.17, 15) is 17.2 Å². The number of hydrogen-bond acceptors (Lipinski definition) is 5. The van der Waals surface area contributed by atoms with Gasteiger partial charge in [0.05, 0.1) is 4.90 Å². The summed E-state index contributed by atoms with van der Waals surface area (Å²) in [4.78, 5) is 4.09. The van der Waals surface area contributed by atoms with Crippen molar-refractivity contribution in [1.82, 2.24) is 4.98 Å². The minimum Gasteiger partial charge on any atom is -0.428 e. The van der Waals surface area contributed by atoms with Gasteiger partial charge in [-0.05, 0) is 54.4 Å². The Kier molecular flexibility index (Phi) is 5.67. The van der Waals surface area contributed by atoms with Gasteiger partial charge in [0, 0.05) is 11.3 Å². The van der Waals surface area contributed by atoms with Crippen LogP contribution < -0.4 is 0 Å². The minimum absolute atomic E-state index is 0.0748. The lowest BCUT2D eigenvalue weighted by atomic mass is 10.2. The third-order valence-electron chi connectivity index (χ3n) is 3.58. The average Bonchev–Trinajstić information content (AvgIpc) is 3.06. The summed E-state index contributed by atoms with van der Waals surface area (Å²) in [5, 5.41) is -0.0635. The summed E-state index contributed by atoms with van der Waals surface area (Å²) in [5.41, 5.74) is 0.461. The highest BCUT2D eigenvalue weighted by Crippen LogP contribution is 2.35. The first kappa shape index (κ1) is 19.6. The van der Waals surface area contributed by atoms with Crippen molar-refractivity contribution in [2.24, 2.45) is 5.92 Å². The fourth-order valence-electron chi connectivity index (χ4n) is 2.24. The van der Waals surface area contributed by atoms with Crippen LogP contribution in [-0.4, -0.2) is 19.2 Å². The van der Waals surface area contributed by atoms with Gasteiger partial charge in [-0.3, -0.25) is 0 Å². The Morgan fingerprint density at radius 3 is 2.11 bits per heavy atom. The number of rotatable bonds is 6. The predicted octanol–water partition coefficient (Wildman–Crippen LogP) is 5.20. The molecule has 0 bridgehead atoms. The van der Waals surface area contributed by atoms with E-state index in [2.05, 4.69) is 4.98 Å². The Labute approximate surface area is 160 Å². The number of thioether (sulfide) groups is 1. The molecule has 0 amide bonds. The highest BCUT2D eigenvalue weighted by atomic mass is 32.2. The maximum Gasteiger partial charge on any atom is 0.228 e. The summed E-state index contributed by atoms with van der Waals surface area (Å²) >= 11 is 1.24. The van der Waals surface area contributed by atoms with E-state index < -0.39 is 21.5 Å². The highest BCUT2D eigenvalue weighted by Gasteiger charge is 2.29. The number of oxazole rings is 1. The second-order valence-corrected chi connectivity index (χ2v) is 9.14. The smallest absolute Gasteiger partial charge is 0.228 e. The number of sulfone groups is 1. The fourth-order valence-corrected chi connectivity index (χ4v) is 4.72. The van der Waals surface area contributed by atoms with Crippen LogP contribution in [0.2, 0.25) is 0 Å². The van der Waals surface area contributed by atoms with Crippen molar-refractivity contribution in [3.05, 3.63) is 60.2 Å². The maximum atomic E-state index is 13.2. The predicted molar refractivity (Wildman–Crippen MR) is 99.3 cm³/mol. The van der Waals surface area contributed by atoms with Crippen LogP contribution in [0.4, 0.5) is 8.78 Å². The molecule has 8 heteroatoms. The molecule has 0 unspecified atom stereocenters. The number of benzene rings is 2. The van der Waals surface area contributed by atoms with Gasteiger partial charge in [0.1, 0.15) is 11.6 Å². The van der Waals surface area contributed by atoms with Crippen LogP contribution >= 0.6 is 11.8 Å². The van der Waals surface area contributed by atoms with Crippen molar-refractivity contribution in [2.75, 3.05) is 5.75 Å². The fraction of sp³-hybridized carbons (Fsp3) is 0.211. The molecule has 0 aliphatic rings. The Morgan fingerprint density at radius 1 is 1.00 bits per heavy atom. The van der Waals surface area contributed by atoms with Crippen LogP contribution in [0, 0.1) is 17.6 Å². The van der Waals surface area contributed by atoms with Gasteiger partial charge in [-0.15, -0.1) is 0 Å². The van der Waals surface area contributed by atoms with Gasteiger partial charge in [-0.2, -0.15) is 4.98 Å². The highest BCUT2D eigenvalue weighted by molar-refractivity contribution is 8.00. The van der Waals surface area contributed by atoms with E-state index in [1.165, 1.54) is 48.2 Å². The summed E-state index contributed by atoms with van der Waals surface area (Å²) in [6, 6.07) is 9.95. The van der Waals surface area contributed by atoms with Crippen molar-refractivity contribution in [2.45, 2.75) is 28.9 Å². The molecule has 0 N–H and O–H groups in total. The second kappa shape index (κ2) is 7.82. The number of halogens is 2. The topological polar surface area (TPSA) is 60.2 Å². The molecule has 0 atom stereocenters. The van der Waals surface area contributed by atoms with Crippen LogP contribution in [0.25, 0.3) is 11.5 Å². The first-order valence-corrected chi connectivity index (χ1v) is 10.6. The molecular formula is C19H17F2NO3S2. The standard InChI is InChI=1S/C19H17F2NO3S2/c1-12(2)11-26-19-18(27(23,24)16-9-7-15(21)8-10-16)22-17(25-19)13-3-5-14(20)6-4-13/h3-10,12H,11H2,1-2H3. The van der Waals surface area contributed by atoms with Crippen LogP contribution in [0.3, 0.4) is 0 Å². The molecule has 0 spiro atoms. The summed E-state index contributed by atoms with van der Waals surface area (Å²) in [6.07, 6.45) is 0. The average molecular weight is 409 g/mol. The van der Waals surface area contributed by atoms with E-state index in [0.717, 1.165) is 12.1 Å². The van der Waals surface area contributed by atoms with E-state index in [-0.39, 0.29) is 20.9 Å². The van der Waals surface area contributed by atoms with Crippen LogP contribution in [0.1, 0.15) is 13.8 Å². The Hall–Kier alpha value is -2.19. The van der Waals surface area contributed by atoms with Gasteiger partial charge in [-0.25, -0.2) is 17.2 Å². The molecule has 0 aliphatic carbocycles. The van der Waals surface area contributed by atoms with E-state index in [0.29, 0.717) is 17.2 Å². The third kappa shape index (κ3) is 4.39. The molecule has 0 aliphatic heterocycles. The first-order valence-electron chi connectivity index (χ1n) is 8.17. The maximum absolute atomic E-state index is 13.2. The zero-order valence-electron chi connectivity index (χ0n) is 14.6.